The summed E-state index contributed by atoms with van der Waals surface area (Å²) < 4.78 is 5.79. The first-order chi connectivity index (χ1) is 16.5. The van der Waals surface area contributed by atoms with Crippen LogP contribution in [0, 0.1) is 6.92 Å². The maximum Gasteiger partial charge on any atom is 0.335 e. The molecule has 0 aliphatic carbocycles. The predicted octanol–water partition coefficient (Wildman–Crippen LogP) is 7.57. The number of benzene rings is 4. The summed E-state index contributed by atoms with van der Waals surface area (Å²) in [5.74, 6) is -0.00459. The quantitative estimate of drug-likeness (QED) is 0.254. The number of nitrogens with one attached hydrogen (secondary N) is 1. The zero-order valence-corrected chi connectivity index (χ0v) is 21.2. The molecule has 1 atom stereocenters. The number of rotatable bonds is 9. The normalized spacial score (nSPS) is 11.6. The van der Waals surface area contributed by atoms with Crippen LogP contribution in [-0.2, 0) is 6.54 Å². The average molecular weight is 490 g/mol. The molecule has 4 nitrogen and oxygen atoms in total. The molecule has 0 aliphatic rings. The van der Waals surface area contributed by atoms with Crippen molar-refractivity contribution < 1.29 is 14.6 Å². The van der Waals surface area contributed by atoms with Gasteiger partial charge >= 0.3 is 5.97 Å². The van der Waals surface area contributed by atoms with Crippen molar-refractivity contribution in [2.75, 3.05) is 6.61 Å². The van der Waals surface area contributed by atoms with E-state index in [2.05, 4.69) is 55.6 Å². The largest absolute Gasteiger partial charge is 0.494 e. The molecule has 0 saturated heterocycles. The number of hydrogen-bond acceptors (Lipinski definition) is 3. The van der Waals surface area contributed by atoms with Crippen LogP contribution in [0.25, 0.3) is 21.9 Å². The van der Waals surface area contributed by atoms with Gasteiger partial charge in [0, 0.05) is 12.6 Å². The highest BCUT2D eigenvalue weighted by Gasteiger charge is 2.13. The molecule has 1 unspecified atom stereocenters. The molecule has 0 fully saturated rings. The molecule has 0 amide bonds. The molecule has 0 aromatic heterocycles. The van der Waals surface area contributed by atoms with E-state index in [9.17, 15) is 9.90 Å². The Bertz CT molecular complexity index is 1320. The zero-order chi connectivity index (χ0) is 24.1. The van der Waals surface area contributed by atoms with Crippen molar-refractivity contribution in [1.29, 1.82) is 0 Å². The smallest absolute Gasteiger partial charge is 0.335 e. The van der Waals surface area contributed by atoms with Gasteiger partial charge in [-0.15, -0.1) is 12.4 Å². The SMILES string of the molecule is CCCOc1cccc(C(C)NCc2cc(-c3ccc(C)c(C(=O)O)c3)c3ccccc3c2)c1.Cl. The summed E-state index contributed by atoms with van der Waals surface area (Å²) in [6, 6.07) is 26.7. The molecule has 5 heteroatoms. The van der Waals surface area contributed by atoms with Gasteiger partial charge < -0.3 is 15.2 Å². The second-order valence-electron chi connectivity index (χ2n) is 8.72. The number of carbonyl (C=O) groups is 1. The summed E-state index contributed by atoms with van der Waals surface area (Å²) in [6.45, 7) is 7.49. The summed E-state index contributed by atoms with van der Waals surface area (Å²) >= 11 is 0. The Morgan fingerprint density at radius 2 is 1.80 bits per heavy atom. The van der Waals surface area contributed by atoms with E-state index in [4.69, 9.17) is 4.74 Å². The lowest BCUT2D eigenvalue weighted by Gasteiger charge is -2.17. The second-order valence-corrected chi connectivity index (χ2v) is 8.72. The molecule has 35 heavy (non-hydrogen) atoms. The molecule has 0 bridgehead atoms. The van der Waals surface area contributed by atoms with E-state index in [0.717, 1.165) is 45.2 Å². The maximum absolute atomic E-state index is 11.7. The minimum atomic E-state index is -0.902. The lowest BCUT2D eigenvalue weighted by molar-refractivity contribution is 0.0696. The molecule has 4 rings (SSSR count). The van der Waals surface area contributed by atoms with Crippen LogP contribution in [0.5, 0.6) is 5.75 Å². The first kappa shape index (κ1) is 26.3. The highest BCUT2D eigenvalue weighted by Crippen LogP contribution is 2.32. The molecule has 4 aromatic carbocycles. The van der Waals surface area contributed by atoms with Crippen LogP contribution < -0.4 is 10.1 Å². The molecular formula is C30H32ClNO3. The Labute approximate surface area is 213 Å². The van der Waals surface area contributed by atoms with Crippen LogP contribution >= 0.6 is 12.4 Å². The molecule has 182 valence electrons. The van der Waals surface area contributed by atoms with Gasteiger partial charge in [0.1, 0.15) is 5.75 Å². The van der Waals surface area contributed by atoms with Crippen LogP contribution in [-0.4, -0.2) is 17.7 Å². The first-order valence-corrected chi connectivity index (χ1v) is 11.8. The fourth-order valence-electron chi connectivity index (χ4n) is 4.22. The fraction of sp³-hybridized carbons (Fsp3) is 0.233. The van der Waals surface area contributed by atoms with Gasteiger partial charge in [-0.1, -0.05) is 55.5 Å². The van der Waals surface area contributed by atoms with E-state index in [-0.39, 0.29) is 18.4 Å². The van der Waals surface area contributed by atoms with Gasteiger partial charge in [0.25, 0.3) is 0 Å². The van der Waals surface area contributed by atoms with Crippen LogP contribution in [0.15, 0.2) is 78.9 Å². The van der Waals surface area contributed by atoms with Crippen LogP contribution in [0.3, 0.4) is 0 Å². The molecule has 4 aromatic rings. The van der Waals surface area contributed by atoms with Crippen molar-refractivity contribution in [3.63, 3.8) is 0 Å². The number of fused-ring (bicyclic) bond motifs is 1. The molecule has 0 heterocycles. The fourth-order valence-corrected chi connectivity index (χ4v) is 4.22. The molecule has 0 radical (unpaired) electrons. The molecule has 2 N–H and O–H groups in total. The second kappa shape index (κ2) is 11.9. The van der Waals surface area contributed by atoms with Gasteiger partial charge in [0.2, 0.25) is 0 Å². The van der Waals surface area contributed by atoms with Crippen molar-refractivity contribution in [3.8, 4) is 16.9 Å². The monoisotopic (exact) mass is 489 g/mol. The molecule has 0 aliphatic heterocycles. The number of ether oxygens (including phenoxy) is 1. The minimum absolute atomic E-state index is 0. The zero-order valence-electron chi connectivity index (χ0n) is 20.4. The average Bonchev–Trinajstić information content (AvgIpc) is 2.85. The van der Waals surface area contributed by atoms with E-state index in [1.54, 1.807) is 6.07 Å². The van der Waals surface area contributed by atoms with Crippen molar-refractivity contribution in [3.05, 3.63) is 101 Å². The number of aromatic carboxylic acids is 1. The van der Waals surface area contributed by atoms with Gasteiger partial charge in [-0.25, -0.2) is 4.79 Å². The van der Waals surface area contributed by atoms with E-state index >= 15 is 0 Å². The van der Waals surface area contributed by atoms with E-state index < -0.39 is 5.97 Å². The van der Waals surface area contributed by atoms with Crippen LogP contribution in [0.2, 0.25) is 0 Å². The highest BCUT2D eigenvalue weighted by molar-refractivity contribution is 5.99. The summed E-state index contributed by atoms with van der Waals surface area (Å²) in [7, 11) is 0. The lowest BCUT2D eigenvalue weighted by atomic mass is 9.93. The van der Waals surface area contributed by atoms with E-state index in [1.807, 2.05) is 43.3 Å². The third-order valence-electron chi connectivity index (χ3n) is 6.14. The number of hydrogen-bond donors (Lipinski definition) is 2. The number of aryl methyl sites for hydroxylation is 1. The Balaban J connectivity index is 0.00000342. The Morgan fingerprint density at radius 1 is 1.00 bits per heavy atom. The van der Waals surface area contributed by atoms with E-state index in [1.165, 1.54) is 5.56 Å². The van der Waals surface area contributed by atoms with Crippen molar-refractivity contribution in [1.82, 2.24) is 5.32 Å². The first-order valence-electron chi connectivity index (χ1n) is 11.8. The van der Waals surface area contributed by atoms with Gasteiger partial charge in [0.15, 0.2) is 0 Å². The highest BCUT2D eigenvalue weighted by atomic mass is 35.5. The summed E-state index contributed by atoms with van der Waals surface area (Å²) in [4.78, 5) is 11.7. The number of carboxylic acids is 1. The topological polar surface area (TPSA) is 58.6 Å². The Kier molecular flexibility index (Phi) is 8.91. The van der Waals surface area contributed by atoms with Crippen LogP contribution in [0.4, 0.5) is 0 Å². The van der Waals surface area contributed by atoms with Crippen molar-refractivity contribution >= 4 is 29.1 Å². The summed E-state index contributed by atoms with van der Waals surface area (Å²) in [5, 5.41) is 15.5. The minimum Gasteiger partial charge on any atom is -0.494 e. The standard InChI is InChI=1S/C30H31NO3.ClH/c1-4-14-34-26-10-7-9-23(17-26)21(3)31-19-22-15-24-8-5-6-11-27(24)29(16-22)25-13-12-20(2)28(18-25)30(32)33;/h5-13,15-18,21,31H,4,14,19H2,1-3H3,(H,32,33);1H. The maximum atomic E-state index is 11.7. The summed E-state index contributed by atoms with van der Waals surface area (Å²) in [6.07, 6.45) is 0.983. The third-order valence-corrected chi connectivity index (χ3v) is 6.14. The van der Waals surface area contributed by atoms with Crippen molar-refractivity contribution in [2.45, 2.75) is 39.8 Å². The third kappa shape index (κ3) is 6.21. The molecular weight excluding hydrogens is 458 g/mol. The van der Waals surface area contributed by atoms with Gasteiger partial charge in [-0.2, -0.15) is 0 Å². The van der Waals surface area contributed by atoms with Gasteiger partial charge in [-0.05, 0) is 89.2 Å². The van der Waals surface area contributed by atoms with E-state index in [0.29, 0.717) is 18.7 Å². The van der Waals surface area contributed by atoms with Gasteiger partial charge in [-0.3, -0.25) is 0 Å². The van der Waals surface area contributed by atoms with Crippen molar-refractivity contribution in [2.24, 2.45) is 0 Å². The van der Waals surface area contributed by atoms with Gasteiger partial charge in [0.05, 0.1) is 12.2 Å². The number of carboxylic acid groups (broad SMARTS) is 1. The number of halogens is 1. The molecule has 0 spiro atoms. The van der Waals surface area contributed by atoms with Crippen LogP contribution in [0.1, 0.15) is 53.4 Å². The molecule has 0 saturated carbocycles. The Morgan fingerprint density at radius 3 is 2.57 bits per heavy atom. The Hall–Kier alpha value is -3.34. The summed E-state index contributed by atoms with van der Waals surface area (Å²) in [5.41, 5.74) is 5.38. The lowest BCUT2D eigenvalue weighted by Crippen LogP contribution is -2.18. The predicted molar refractivity (Wildman–Crippen MR) is 146 cm³/mol.